The number of nitrogens with one attached hydrogen (secondary N) is 2. The topological polar surface area (TPSA) is 100 Å². The number of pyridine rings is 1. The Balaban J connectivity index is 2.01. The van der Waals surface area contributed by atoms with Gasteiger partial charge < -0.3 is 15.5 Å². The lowest BCUT2D eigenvalue weighted by Gasteiger charge is -2.17. The first-order valence-corrected chi connectivity index (χ1v) is 8.34. The maximum atomic E-state index is 12.4. The normalized spacial score (nSPS) is 10.3. The summed E-state index contributed by atoms with van der Waals surface area (Å²) in [4.78, 5) is 28.6. The van der Waals surface area contributed by atoms with E-state index < -0.39 is 10.8 Å². The van der Waals surface area contributed by atoms with Crippen LogP contribution in [0.5, 0.6) is 0 Å². The van der Waals surface area contributed by atoms with Crippen molar-refractivity contribution in [1.29, 1.82) is 0 Å². The van der Waals surface area contributed by atoms with Gasteiger partial charge >= 0.3 is 0 Å². The highest BCUT2D eigenvalue weighted by Crippen LogP contribution is 2.24. The van der Waals surface area contributed by atoms with Crippen molar-refractivity contribution in [2.45, 2.75) is 0 Å². The van der Waals surface area contributed by atoms with E-state index in [-0.39, 0.29) is 17.8 Å². The van der Waals surface area contributed by atoms with E-state index in [1.54, 1.807) is 31.1 Å². The van der Waals surface area contributed by atoms with E-state index in [1.807, 2.05) is 0 Å². The summed E-state index contributed by atoms with van der Waals surface area (Å²) in [7, 11) is 3.52. The molecule has 0 saturated carbocycles. The highest BCUT2D eigenvalue weighted by atomic mass is 35.5. The molecule has 1 heterocycles. The smallest absolute Gasteiger partial charge is 0.270 e. The molecule has 0 fully saturated rings. The Morgan fingerprint density at radius 3 is 2.62 bits per heavy atom. The highest BCUT2D eigenvalue weighted by molar-refractivity contribution is 6.35. The lowest BCUT2D eigenvalue weighted by Crippen LogP contribution is -2.30. The number of anilines is 2. The van der Waals surface area contributed by atoms with Crippen molar-refractivity contribution in [3.05, 3.63) is 56.2 Å². The zero-order chi connectivity index (χ0) is 19.3. The van der Waals surface area contributed by atoms with Crippen molar-refractivity contribution >= 4 is 46.3 Å². The number of amides is 1. The number of nitro benzene ring substituents is 1. The third-order valence-electron chi connectivity index (χ3n) is 3.43. The lowest BCUT2D eigenvalue weighted by molar-refractivity contribution is -0.384. The molecule has 1 aromatic heterocycles. The minimum Gasteiger partial charge on any atom is -0.377 e. The lowest BCUT2D eigenvalue weighted by atomic mass is 10.1. The third kappa shape index (κ3) is 4.96. The fourth-order valence-electron chi connectivity index (χ4n) is 2.21. The summed E-state index contributed by atoms with van der Waals surface area (Å²) in [5.41, 5.74) is 0.673. The summed E-state index contributed by atoms with van der Waals surface area (Å²) < 4.78 is 0. The van der Waals surface area contributed by atoms with Crippen molar-refractivity contribution in [1.82, 2.24) is 10.3 Å². The van der Waals surface area contributed by atoms with Crippen molar-refractivity contribution in [3.8, 4) is 0 Å². The Morgan fingerprint density at radius 1 is 1.27 bits per heavy atom. The molecule has 0 radical (unpaired) electrons. The zero-order valence-corrected chi connectivity index (χ0v) is 15.6. The van der Waals surface area contributed by atoms with Crippen LogP contribution in [0.1, 0.15) is 10.4 Å². The maximum absolute atomic E-state index is 12.4. The number of benzene rings is 1. The van der Waals surface area contributed by atoms with Gasteiger partial charge in [-0.25, -0.2) is 4.98 Å². The number of aromatic nitrogens is 1. The minimum atomic E-state index is -0.536. The molecule has 1 amide bonds. The molecule has 0 atom stereocenters. The summed E-state index contributed by atoms with van der Waals surface area (Å²) >= 11 is 11.8. The molecule has 2 aromatic rings. The second kappa shape index (κ2) is 8.68. The second-order valence-electron chi connectivity index (χ2n) is 5.52. The van der Waals surface area contributed by atoms with Crippen LogP contribution in [0.3, 0.4) is 0 Å². The van der Waals surface area contributed by atoms with Gasteiger partial charge in [0.05, 0.1) is 20.5 Å². The van der Waals surface area contributed by atoms with Crippen LogP contribution in [0, 0.1) is 10.1 Å². The Labute approximate surface area is 160 Å². The number of non-ortho nitro benzene ring substituents is 1. The van der Waals surface area contributed by atoms with E-state index in [9.17, 15) is 14.9 Å². The molecule has 10 heteroatoms. The summed E-state index contributed by atoms with van der Waals surface area (Å²) in [5.74, 6) is 0.0454. The fourth-order valence-corrected chi connectivity index (χ4v) is 2.65. The third-order valence-corrected chi connectivity index (χ3v) is 3.92. The number of hydrogen-bond acceptors (Lipinski definition) is 6. The molecule has 0 unspecified atom stereocenters. The molecule has 0 spiro atoms. The Hall–Kier alpha value is -2.58. The molecule has 26 heavy (non-hydrogen) atoms. The molecule has 0 bridgehead atoms. The van der Waals surface area contributed by atoms with Gasteiger partial charge in [-0.15, -0.1) is 0 Å². The minimum absolute atomic E-state index is 0.143. The summed E-state index contributed by atoms with van der Waals surface area (Å²) in [5, 5.41) is 17.4. The van der Waals surface area contributed by atoms with Crippen LogP contribution in [0.4, 0.5) is 17.2 Å². The standard InChI is InChI=1S/C16H17Cl2N5O3/c1-22(2)14-4-3-11(23(25)26)8-12(14)16(24)20-6-5-19-15-13(18)7-10(17)9-21-15/h3-4,7-9H,5-6H2,1-2H3,(H,19,21)(H,20,24). The Kier molecular flexibility index (Phi) is 6.59. The molecule has 2 rings (SSSR count). The first-order valence-electron chi connectivity index (χ1n) is 7.58. The van der Waals surface area contributed by atoms with Crippen LogP contribution >= 0.6 is 23.2 Å². The summed E-state index contributed by atoms with van der Waals surface area (Å²) in [6.45, 7) is 0.640. The Morgan fingerprint density at radius 2 is 2.00 bits per heavy atom. The number of hydrogen-bond donors (Lipinski definition) is 2. The molecular weight excluding hydrogens is 381 g/mol. The predicted molar refractivity (Wildman–Crippen MR) is 103 cm³/mol. The van der Waals surface area contributed by atoms with Crippen molar-refractivity contribution in [2.75, 3.05) is 37.4 Å². The van der Waals surface area contributed by atoms with Crippen LogP contribution in [0.25, 0.3) is 0 Å². The average Bonchev–Trinajstić information content (AvgIpc) is 2.59. The van der Waals surface area contributed by atoms with Crippen LogP contribution < -0.4 is 15.5 Å². The first kappa shape index (κ1) is 19.7. The van der Waals surface area contributed by atoms with E-state index in [4.69, 9.17) is 23.2 Å². The largest absolute Gasteiger partial charge is 0.377 e. The predicted octanol–water partition coefficient (Wildman–Crippen LogP) is 3.20. The number of carbonyl (C=O) groups is 1. The maximum Gasteiger partial charge on any atom is 0.270 e. The number of halogens is 2. The molecule has 8 nitrogen and oxygen atoms in total. The molecule has 0 aliphatic rings. The number of nitrogens with zero attached hydrogens (tertiary/aromatic N) is 3. The van der Waals surface area contributed by atoms with Crippen LogP contribution in [-0.2, 0) is 0 Å². The average molecular weight is 398 g/mol. The molecule has 2 N–H and O–H groups in total. The molecule has 0 saturated heterocycles. The number of nitro groups is 1. The van der Waals surface area contributed by atoms with E-state index >= 15 is 0 Å². The van der Waals surface area contributed by atoms with Crippen LogP contribution in [0.2, 0.25) is 10.0 Å². The van der Waals surface area contributed by atoms with Crippen LogP contribution in [-0.4, -0.2) is 43.0 Å². The molecule has 1 aromatic carbocycles. The van der Waals surface area contributed by atoms with Gasteiger partial charge in [0.15, 0.2) is 0 Å². The van der Waals surface area contributed by atoms with Gasteiger partial charge in [-0.2, -0.15) is 0 Å². The van der Waals surface area contributed by atoms with Crippen molar-refractivity contribution < 1.29 is 9.72 Å². The van der Waals surface area contributed by atoms with Gasteiger partial charge in [-0.05, 0) is 12.1 Å². The van der Waals surface area contributed by atoms with Gasteiger partial charge in [-0.3, -0.25) is 14.9 Å². The van der Waals surface area contributed by atoms with Gasteiger partial charge in [0.25, 0.3) is 11.6 Å². The van der Waals surface area contributed by atoms with Gasteiger partial charge in [0, 0.05) is 51.2 Å². The Bertz CT molecular complexity index is 830. The quantitative estimate of drug-likeness (QED) is 0.422. The molecule has 0 aliphatic carbocycles. The van der Waals surface area contributed by atoms with E-state index in [0.717, 1.165) is 0 Å². The second-order valence-corrected chi connectivity index (χ2v) is 6.36. The van der Waals surface area contributed by atoms with E-state index in [2.05, 4.69) is 15.6 Å². The van der Waals surface area contributed by atoms with Crippen molar-refractivity contribution in [3.63, 3.8) is 0 Å². The molecule has 0 aliphatic heterocycles. The van der Waals surface area contributed by atoms with Gasteiger partial charge in [0.1, 0.15) is 5.82 Å². The van der Waals surface area contributed by atoms with Gasteiger partial charge in [0.2, 0.25) is 0 Å². The van der Waals surface area contributed by atoms with E-state index in [0.29, 0.717) is 28.1 Å². The zero-order valence-electron chi connectivity index (χ0n) is 14.1. The fraction of sp³-hybridized carbons (Fsp3) is 0.250. The van der Waals surface area contributed by atoms with Crippen molar-refractivity contribution in [2.24, 2.45) is 0 Å². The molecular formula is C16H17Cl2N5O3. The highest BCUT2D eigenvalue weighted by Gasteiger charge is 2.17. The number of rotatable bonds is 7. The van der Waals surface area contributed by atoms with Crippen LogP contribution in [0.15, 0.2) is 30.5 Å². The first-order chi connectivity index (χ1) is 12.3. The summed E-state index contributed by atoms with van der Waals surface area (Å²) in [6.07, 6.45) is 1.46. The number of carbonyl (C=O) groups excluding carboxylic acids is 1. The monoisotopic (exact) mass is 397 g/mol. The SMILES string of the molecule is CN(C)c1ccc([N+](=O)[O-])cc1C(=O)NCCNc1ncc(Cl)cc1Cl. The van der Waals surface area contributed by atoms with Gasteiger partial charge in [-0.1, -0.05) is 23.2 Å². The van der Waals surface area contributed by atoms with E-state index in [1.165, 1.54) is 18.3 Å². The summed E-state index contributed by atoms with van der Waals surface area (Å²) in [6, 6.07) is 5.73. The molecule has 138 valence electrons.